The molecule has 0 aromatic carbocycles. The maximum Gasteiger partial charge on any atom is 0.309 e. The van der Waals surface area contributed by atoms with Gasteiger partial charge < -0.3 is 9.64 Å². The largest absolute Gasteiger partial charge is 0.466 e. The van der Waals surface area contributed by atoms with E-state index in [1.54, 1.807) is 0 Å². The number of likely N-dealkylation sites (tertiary alicyclic amines) is 1. The van der Waals surface area contributed by atoms with Gasteiger partial charge in [0.15, 0.2) is 0 Å². The second kappa shape index (κ2) is 7.74. The van der Waals surface area contributed by atoms with Crippen molar-refractivity contribution in [3.8, 4) is 0 Å². The molecule has 2 atom stereocenters. The highest BCUT2D eigenvalue weighted by Gasteiger charge is 2.28. The number of hydrogen-bond donors (Lipinski definition) is 0. The number of nitrogens with zero attached hydrogens (tertiary/aromatic N) is 2. The van der Waals surface area contributed by atoms with Crippen LogP contribution >= 0.6 is 0 Å². The summed E-state index contributed by atoms with van der Waals surface area (Å²) < 4.78 is 5.05. The zero-order chi connectivity index (χ0) is 13.5. The molecule has 0 aliphatic carbocycles. The van der Waals surface area contributed by atoms with E-state index in [2.05, 4.69) is 23.6 Å². The van der Waals surface area contributed by atoms with Crippen molar-refractivity contribution in [2.75, 3.05) is 39.3 Å². The Morgan fingerprint density at radius 3 is 2.61 bits per heavy atom. The van der Waals surface area contributed by atoms with Gasteiger partial charge in [-0.3, -0.25) is 9.69 Å². The monoisotopic (exact) mass is 256 g/mol. The molecule has 1 saturated heterocycles. The Morgan fingerprint density at radius 2 is 2.06 bits per heavy atom. The highest BCUT2D eigenvalue weighted by atomic mass is 16.5. The summed E-state index contributed by atoms with van der Waals surface area (Å²) in [6.07, 6.45) is 1.22. The topological polar surface area (TPSA) is 32.8 Å². The van der Waals surface area contributed by atoms with Crippen LogP contribution in [-0.4, -0.2) is 61.1 Å². The molecule has 0 amide bonds. The maximum atomic E-state index is 11.6. The van der Waals surface area contributed by atoms with E-state index in [1.807, 2.05) is 13.8 Å². The molecule has 4 nitrogen and oxygen atoms in total. The fourth-order valence-corrected chi connectivity index (χ4v) is 2.76. The first kappa shape index (κ1) is 15.4. The molecule has 0 radical (unpaired) electrons. The standard InChI is InChI=1S/C14H28N2O2/c1-5-16(6-2)13-8-9-15(11-13)10-12(4)14(17)18-7-3/h12-13H,5-11H2,1-4H3. The summed E-state index contributed by atoms with van der Waals surface area (Å²) in [5, 5.41) is 0. The Hall–Kier alpha value is -0.610. The number of hydrogen-bond acceptors (Lipinski definition) is 4. The van der Waals surface area contributed by atoms with Crippen LogP contribution in [0.1, 0.15) is 34.1 Å². The average Bonchev–Trinajstić information content (AvgIpc) is 2.79. The highest BCUT2D eigenvalue weighted by molar-refractivity contribution is 5.72. The summed E-state index contributed by atoms with van der Waals surface area (Å²) in [7, 11) is 0. The van der Waals surface area contributed by atoms with Crippen molar-refractivity contribution in [3.63, 3.8) is 0 Å². The van der Waals surface area contributed by atoms with Crippen LogP contribution < -0.4 is 0 Å². The summed E-state index contributed by atoms with van der Waals surface area (Å²) in [5.41, 5.74) is 0. The predicted octanol–water partition coefficient (Wildman–Crippen LogP) is 1.60. The van der Waals surface area contributed by atoms with Crippen LogP contribution in [-0.2, 0) is 9.53 Å². The van der Waals surface area contributed by atoms with E-state index in [9.17, 15) is 4.79 Å². The van der Waals surface area contributed by atoms with Gasteiger partial charge in [0.1, 0.15) is 0 Å². The minimum atomic E-state index is -0.0659. The lowest BCUT2D eigenvalue weighted by Gasteiger charge is -2.26. The smallest absolute Gasteiger partial charge is 0.309 e. The SMILES string of the molecule is CCOC(=O)C(C)CN1CCC(N(CC)CC)C1. The quantitative estimate of drug-likeness (QED) is 0.648. The number of carbonyl (C=O) groups excluding carboxylic acids is 1. The van der Waals surface area contributed by atoms with Crippen LogP contribution in [0.2, 0.25) is 0 Å². The average molecular weight is 256 g/mol. The zero-order valence-electron chi connectivity index (χ0n) is 12.3. The van der Waals surface area contributed by atoms with E-state index in [1.165, 1.54) is 6.42 Å². The number of likely N-dealkylation sites (N-methyl/N-ethyl adjacent to an activating group) is 1. The number of rotatable bonds is 7. The summed E-state index contributed by atoms with van der Waals surface area (Å²) >= 11 is 0. The molecule has 4 heteroatoms. The number of esters is 1. The fourth-order valence-electron chi connectivity index (χ4n) is 2.76. The lowest BCUT2D eigenvalue weighted by Crippen LogP contribution is -2.38. The predicted molar refractivity (Wildman–Crippen MR) is 73.6 cm³/mol. The van der Waals surface area contributed by atoms with Crippen molar-refractivity contribution in [2.24, 2.45) is 5.92 Å². The molecule has 18 heavy (non-hydrogen) atoms. The van der Waals surface area contributed by atoms with Crippen LogP contribution in [0.4, 0.5) is 0 Å². The Morgan fingerprint density at radius 1 is 1.39 bits per heavy atom. The van der Waals surface area contributed by atoms with E-state index in [-0.39, 0.29) is 11.9 Å². The molecule has 2 unspecified atom stereocenters. The molecule has 1 fully saturated rings. The van der Waals surface area contributed by atoms with Crippen molar-refractivity contribution >= 4 is 5.97 Å². The molecule has 1 rings (SSSR count). The molecule has 0 bridgehead atoms. The molecule has 1 heterocycles. The van der Waals surface area contributed by atoms with Crippen molar-refractivity contribution in [1.29, 1.82) is 0 Å². The van der Waals surface area contributed by atoms with Gasteiger partial charge in [0.05, 0.1) is 12.5 Å². The van der Waals surface area contributed by atoms with Gasteiger partial charge in [-0.2, -0.15) is 0 Å². The molecule has 1 aliphatic heterocycles. The van der Waals surface area contributed by atoms with Crippen LogP contribution in [0.15, 0.2) is 0 Å². The van der Waals surface area contributed by atoms with Gasteiger partial charge in [0, 0.05) is 19.1 Å². The summed E-state index contributed by atoms with van der Waals surface area (Å²) in [6.45, 7) is 14.0. The van der Waals surface area contributed by atoms with Gasteiger partial charge in [-0.1, -0.05) is 20.8 Å². The minimum absolute atomic E-state index is 0.0135. The lowest BCUT2D eigenvalue weighted by molar-refractivity contribution is -0.147. The second-order valence-corrected chi connectivity index (χ2v) is 5.08. The van der Waals surface area contributed by atoms with Crippen molar-refractivity contribution < 1.29 is 9.53 Å². The number of ether oxygens (including phenoxy) is 1. The maximum absolute atomic E-state index is 11.6. The van der Waals surface area contributed by atoms with E-state index < -0.39 is 0 Å². The Balaban J connectivity index is 2.36. The summed E-state index contributed by atoms with van der Waals surface area (Å²) in [5.74, 6) is -0.0795. The van der Waals surface area contributed by atoms with E-state index >= 15 is 0 Å². The highest BCUT2D eigenvalue weighted by Crippen LogP contribution is 2.17. The van der Waals surface area contributed by atoms with Crippen molar-refractivity contribution in [2.45, 2.75) is 40.2 Å². The van der Waals surface area contributed by atoms with Crippen molar-refractivity contribution in [1.82, 2.24) is 9.80 Å². The first-order valence-electron chi connectivity index (χ1n) is 7.25. The fraction of sp³-hybridized carbons (Fsp3) is 0.929. The van der Waals surface area contributed by atoms with Gasteiger partial charge in [-0.05, 0) is 33.0 Å². The third-order valence-corrected chi connectivity index (χ3v) is 3.80. The van der Waals surface area contributed by atoms with Crippen LogP contribution in [0.5, 0.6) is 0 Å². The van der Waals surface area contributed by atoms with Gasteiger partial charge >= 0.3 is 5.97 Å². The molecule has 0 saturated carbocycles. The Labute approximate surface area is 111 Å². The third-order valence-electron chi connectivity index (χ3n) is 3.80. The first-order valence-corrected chi connectivity index (χ1v) is 7.25. The minimum Gasteiger partial charge on any atom is -0.466 e. The van der Waals surface area contributed by atoms with Crippen molar-refractivity contribution in [3.05, 3.63) is 0 Å². The van der Waals surface area contributed by atoms with Crippen LogP contribution in [0.3, 0.4) is 0 Å². The second-order valence-electron chi connectivity index (χ2n) is 5.08. The molecule has 0 spiro atoms. The molecule has 0 aromatic rings. The Bertz CT molecular complexity index is 254. The first-order chi connectivity index (χ1) is 8.62. The van der Waals surface area contributed by atoms with Crippen LogP contribution in [0.25, 0.3) is 0 Å². The van der Waals surface area contributed by atoms with Crippen LogP contribution in [0, 0.1) is 5.92 Å². The zero-order valence-corrected chi connectivity index (χ0v) is 12.3. The normalized spacial score (nSPS) is 22.4. The molecule has 0 aromatic heterocycles. The van der Waals surface area contributed by atoms with E-state index in [0.29, 0.717) is 12.6 Å². The molecule has 106 valence electrons. The van der Waals surface area contributed by atoms with Gasteiger partial charge in [0.2, 0.25) is 0 Å². The number of carbonyl (C=O) groups is 1. The van der Waals surface area contributed by atoms with E-state index in [0.717, 1.165) is 32.7 Å². The molecular weight excluding hydrogens is 228 g/mol. The van der Waals surface area contributed by atoms with Gasteiger partial charge in [-0.15, -0.1) is 0 Å². The Kier molecular flexibility index (Phi) is 6.65. The molecular formula is C14H28N2O2. The van der Waals surface area contributed by atoms with E-state index in [4.69, 9.17) is 4.74 Å². The molecule has 0 N–H and O–H groups in total. The van der Waals surface area contributed by atoms with Gasteiger partial charge in [0.25, 0.3) is 0 Å². The molecule has 1 aliphatic rings. The lowest BCUT2D eigenvalue weighted by atomic mass is 10.2. The van der Waals surface area contributed by atoms with Gasteiger partial charge in [-0.25, -0.2) is 0 Å². The summed E-state index contributed by atoms with van der Waals surface area (Å²) in [6, 6.07) is 0.661. The summed E-state index contributed by atoms with van der Waals surface area (Å²) in [4.78, 5) is 16.5. The third kappa shape index (κ3) is 4.25.